The van der Waals surface area contributed by atoms with Gasteiger partial charge in [-0.1, -0.05) is 15.9 Å². The second-order valence-electron chi connectivity index (χ2n) is 5.10. The Morgan fingerprint density at radius 1 is 1.48 bits per heavy atom. The van der Waals surface area contributed by atoms with Gasteiger partial charge in [0.25, 0.3) is 0 Å². The zero-order valence-electron chi connectivity index (χ0n) is 11.8. The number of aryl methyl sites for hydroxylation is 1. The van der Waals surface area contributed by atoms with Gasteiger partial charge < -0.3 is 4.74 Å². The highest BCUT2D eigenvalue weighted by molar-refractivity contribution is 9.10. The van der Waals surface area contributed by atoms with Crippen LogP contribution in [0.1, 0.15) is 28.7 Å². The molecule has 0 aliphatic carbocycles. The number of hydrogen-bond donors (Lipinski definition) is 2. The molecular weight excluding hydrogens is 332 g/mol. The van der Waals surface area contributed by atoms with Crippen molar-refractivity contribution in [3.63, 3.8) is 0 Å². The predicted molar refractivity (Wildman–Crippen MR) is 83.9 cm³/mol. The lowest BCUT2D eigenvalue weighted by Crippen LogP contribution is -2.30. The van der Waals surface area contributed by atoms with Gasteiger partial charge in [-0.05, 0) is 42.7 Å². The number of hydrogen-bond acceptors (Lipinski definition) is 5. The molecule has 0 radical (unpaired) electrons. The van der Waals surface area contributed by atoms with Gasteiger partial charge in [0.2, 0.25) is 0 Å². The number of halogens is 1. The van der Waals surface area contributed by atoms with Crippen LogP contribution in [0.5, 0.6) is 5.75 Å². The van der Waals surface area contributed by atoms with Gasteiger partial charge in [-0.25, -0.2) is 9.97 Å². The van der Waals surface area contributed by atoms with Gasteiger partial charge in [0, 0.05) is 17.1 Å². The molecule has 1 aliphatic heterocycles. The molecule has 1 aliphatic rings. The zero-order chi connectivity index (χ0) is 14.8. The van der Waals surface area contributed by atoms with Gasteiger partial charge in [0.15, 0.2) is 0 Å². The first-order valence-corrected chi connectivity index (χ1v) is 7.66. The summed E-state index contributed by atoms with van der Waals surface area (Å²) >= 11 is 3.56. The number of nitrogens with two attached hydrogens (primary N) is 1. The monoisotopic (exact) mass is 348 g/mol. The van der Waals surface area contributed by atoms with Crippen LogP contribution < -0.4 is 16.0 Å². The number of ether oxygens (including phenoxy) is 1. The van der Waals surface area contributed by atoms with E-state index in [0.717, 1.165) is 40.3 Å². The van der Waals surface area contributed by atoms with Crippen LogP contribution in [0.2, 0.25) is 0 Å². The van der Waals surface area contributed by atoms with Crippen LogP contribution in [0.25, 0.3) is 0 Å². The van der Waals surface area contributed by atoms with Crippen LogP contribution in [0.3, 0.4) is 0 Å². The minimum atomic E-state index is -0.0747. The molecule has 3 rings (SSSR count). The lowest BCUT2D eigenvalue weighted by Gasteiger charge is -2.17. The Labute approximate surface area is 132 Å². The molecule has 0 fully saturated rings. The predicted octanol–water partition coefficient (Wildman–Crippen LogP) is 2.23. The van der Waals surface area contributed by atoms with E-state index in [1.54, 1.807) is 6.20 Å². The third kappa shape index (κ3) is 3.07. The van der Waals surface area contributed by atoms with Crippen molar-refractivity contribution in [1.29, 1.82) is 0 Å². The quantitative estimate of drug-likeness (QED) is 0.654. The molecule has 1 aromatic heterocycles. The summed E-state index contributed by atoms with van der Waals surface area (Å²) in [5, 5.41) is 0. The number of aromatic nitrogens is 2. The molecule has 2 heterocycles. The van der Waals surface area contributed by atoms with Crippen molar-refractivity contribution in [2.24, 2.45) is 5.84 Å². The molecule has 0 saturated carbocycles. The van der Waals surface area contributed by atoms with E-state index < -0.39 is 0 Å². The maximum absolute atomic E-state index is 5.77. The molecule has 0 spiro atoms. The summed E-state index contributed by atoms with van der Waals surface area (Å²) in [5.74, 6) is 7.45. The van der Waals surface area contributed by atoms with E-state index in [9.17, 15) is 0 Å². The summed E-state index contributed by atoms with van der Waals surface area (Å²) in [5.41, 5.74) is 6.11. The van der Waals surface area contributed by atoms with E-state index in [-0.39, 0.29) is 6.04 Å². The summed E-state index contributed by atoms with van der Waals surface area (Å²) in [7, 11) is 0. The van der Waals surface area contributed by atoms with E-state index in [4.69, 9.17) is 10.6 Å². The minimum absolute atomic E-state index is 0.0747. The first-order chi connectivity index (χ1) is 10.2. The van der Waals surface area contributed by atoms with Crippen LogP contribution in [0, 0.1) is 6.92 Å². The van der Waals surface area contributed by atoms with Gasteiger partial charge in [-0.2, -0.15) is 0 Å². The Bertz CT molecular complexity index is 662. The fraction of sp³-hybridized carbons (Fsp3) is 0.333. The van der Waals surface area contributed by atoms with Crippen LogP contribution in [-0.4, -0.2) is 16.6 Å². The van der Waals surface area contributed by atoms with E-state index in [2.05, 4.69) is 43.5 Å². The van der Waals surface area contributed by atoms with Gasteiger partial charge >= 0.3 is 0 Å². The fourth-order valence-electron chi connectivity index (χ4n) is 2.63. The molecule has 1 aromatic carbocycles. The summed E-state index contributed by atoms with van der Waals surface area (Å²) in [4.78, 5) is 8.57. The third-order valence-corrected chi connectivity index (χ3v) is 4.06. The van der Waals surface area contributed by atoms with Crippen LogP contribution in [-0.2, 0) is 12.8 Å². The molecule has 2 aromatic rings. The van der Waals surface area contributed by atoms with E-state index in [0.29, 0.717) is 6.42 Å². The maximum Gasteiger partial charge on any atom is 0.125 e. The largest absolute Gasteiger partial charge is 0.493 e. The normalized spacial score (nSPS) is 14.6. The van der Waals surface area contributed by atoms with Crippen LogP contribution in [0.4, 0.5) is 0 Å². The van der Waals surface area contributed by atoms with Crippen molar-refractivity contribution in [3.8, 4) is 5.75 Å². The second kappa shape index (κ2) is 6.09. The van der Waals surface area contributed by atoms with Gasteiger partial charge in [0.1, 0.15) is 11.6 Å². The van der Waals surface area contributed by atoms with Gasteiger partial charge in [-0.3, -0.25) is 11.3 Å². The molecule has 0 saturated heterocycles. The Hall–Kier alpha value is -1.50. The second-order valence-corrected chi connectivity index (χ2v) is 6.02. The highest BCUT2D eigenvalue weighted by Crippen LogP contribution is 2.35. The first kappa shape index (κ1) is 14.4. The summed E-state index contributed by atoms with van der Waals surface area (Å²) in [6.45, 7) is 2.61. The molecule has 5 nitrogen and oxygen atoms in total. The van der Waals surface area contributed by atoms with Crippen molar-refractivity contribution < 1.29 is 4.74 Å². The number of nitrogens with zero attached hydrogens (tertiary/aromatic N) is 2. The minimum Gasteiger partial charge on any atom is -0.493 e. The number of rotatable bonds is 4. The molecule has 6 heteroatoms. The highest BCUT2D eigenvalue weighted by Gasteiger charge is 2.21. The summed E-state index contributed by atoms with van der Waals surface area (Å²) < 4.78 is 6.83. The van der Waals surface area contributed by atoms with Crippen molar-refractivity contribution in [2.45, 2.75) is 25.8 Å². The van der Waals surface area contributed by atoms with Crippen LogP contribution in [0.15, 0.2) is 28.9 Å². The van der Waals surface area contributed by atoms with E-state index in [1.807, 2.05) is 13.0 Å². The lowest BCUT2D eigenvalue weighted by atomic mass is 10.00. The molecular formula is C15H17BrN4O. The molecule has 1 atom stereocenters. The fourth-order valence-corrected chi connectivity index (χ4v) is 3.19. The van der Waals surface area contributed by atoms with Crippen molar-refractivity contribution in [2.75, 3.05) is 6.61 Å². The smallest absolute Gasteiger partial charge is 0.125 e. The van der Waals surface area contributed by atoms with Crippen molar-refractivity contribution in [3.05, 3.63) is 51.5 Å². The molecule has 110 valence electrons. The maximum atomic E-state index is 5.77. The number of hydrazine groups is 1. The van der Waals surface area contributed by atoms with Crippen molar-refractivity contribution >= 4 is 15.9 Å². The SMILES string of the molecule is Cc1nccc(C(Cc2cc(Br)cc3c2OCC3)NN)n1. The van der Waals surface area contributed by atoms with E-state index in [1.165, 1.54) is 5.56 Å². The molecule has 1 unspecified atom stereocenters. The zero-order valence-corrected chi connectivity index (χ0v) is 13.4. The Morgan fingerprint density at radius 3 is 3.10 bits per heavy atom. The molecule has 21 heavy (non-hydrogen) atoms. The first-order valence-electron chi connectivity index (χ1n) is 6.87. The Morgan fingerprint density at radius 2 is 2.33 bits per heavy atom. The number of fused-ring (bicyclic) bond motifs is 1. The third-order valence-electron chi connectivity index (χ3n) is 3.61. The molecule has 0 amide bonds. The van der Waals surface area contributed by atoms with Crippen LogP contribution >= 0.6 is 15.9 Å². The van der Waals surface area contributed by atoms with E-state index >= 15 is 0 Å². The summed E-state index contributed by atoms with van der Waals surface area (Å²) in [6, 6.07) is 6.01. The van der Waals surface area contributed by atoms with Crippen molar-refractivity contribution in [1.82, 2.24) is 15.4 Å². The average molecular weight is 349 g/mol. The lowest BCUT2D eigenvalue weighted by molar-refractivity contribution is 0.351. The Kier molecular flexibility index (Phi) is 4.19. The number of nitrogens with one attached hydrogen (secondary N) is 1. The summed E-state index contributed by atoms with van der Waals surface area (Å²) in [6.07, 6.45) is 3.42. The van der Waals surface area contributed by atoms with Gasteiger partial charge in [0.05, 0.1) is 18.3 Å². The number of benzene rings is 1. The standard InChI is InChI=1S/C15H17BrN4O/c1-9-18-4-2-13(19-9)14(20-17)8-11-7-12(16)6-10-3-5-21-15(10)11/h2,4,6-7,14,20H,3,5,8,17H2,1H3. The average Bonchev–Trinajstić information content (AvgIpc) is 2.92. The molecule has 0 bridgehead atoms. The highest BCUT2D eigenvalue weighted by atomic mass is 79.9. The topological polar surface area (TPSA) is 73.1 Å². The van der Waals surface area contributed by atoms with Gasteiger partial charge in [-0.15, -0.1) is 0 Å². The Balaban J connectivity index is 1.91. The molecule has 3 N–H and O–H groups in total.